The lowest BCUT2D eigenvalue weighted by Crippen LogP contribution is -2.05. The molecule has 0 bridgehead atoms. The number of nitrogens with zero attached hydrogens (tertiary/aromatic N) is 3. The van der Waals surface area contributed by atoms with Crippen LogP contribution in [0.15, 0.2) is 65.8 Å². The summed E-state index contributed by atoms with van der Waals surface area (Å²) in [6.07, 6.45) is 3.38. The Morgan fingerprint density at radius 2 is 1.92 bits per heavy atom. The molecule has 126 valence electrons. The van der Waals surface area contributed by atoms with Gasteiger partial charge in [0.05, 0.1) is 26.7 Å². The number of aromatic amines is 1. The first-order chi connectivity index (χ1) is 12.0. The Morgan fingerprint density at radius 1 is 1.12 bits per heavy atom. The smallest absolute Gasteiger partial charge is 0.229 e. The number of halogens is 1. The van der Waals surface area contributed by atoms with Crippen LogP contribution >= 0.6 is 11.6 Å². The molecule has 4 aromatic rings. The summed E-state index contributed by atoms with van der Waals surface area (Å²) < 4.78 is 27.1. The van der Waals surface area contributed by atoms with Crippen molar-refractivity contribution in [3.63, 3.8) is 0 Å². The number of imidazole rings is 1. The highest BCUT2D eigenvalue weighted by molar-refractivity contribution is 7.90. The number of aromatic nitrogens is 4. The lowest BCUT2D eigenvalue weighted by molar-refractivity contribution is 0.595. The first-order valence-corrected chi connectivity index (χ1v) is 9.52. The summed E-state index contributed by atoms with van der Waals surface area (Å²) in [4.78, 5) is 7.54. The van der Waals surface area contributed by atoms with Crippen molar-refractivity contribution in [2.24, 2.45) is 0 Å². The Labute approximate surface area is 149 Å². The van der Waals surface area contributed by atoms with Crippen LogP contribution in [0.5, 0.6) is 0 Å². The third-order valence-electron chi connectivity index (χ3n) is 3.78. The van der Waals surface area contributed by atoms with E-state index in [1.165, 1.54) is 6.07 Å². The molecule has 8 heteroatoms. The van der Waals surface area contributed by atoms with E-state index < -0.39 is 9.84 Å². The molecule has 0 saturated carbocycles. The van der Waals surface area contributed by atoms with Gasteiger partial charge in [0.1, 0.15) is 0 Å². The van der Waals surface area contributed by atoms with E-state index in [0.29, 0.717) is 22.5 Å². The Bertz CT molecular complexity index is 1140. The third-order valence-corrected chi connectivity index (χ3v) is 5.93. The highest BCUT2D eigenvalue weighted by atomic mass is 35.5. The van der Waals surface area contributed by atoms with Crippen LogP contribution in [-0.2, 0) is 15.6 Å². The van der Waals surface area contributed by atoms with E-state index in [0.717, 1.165) is 0 Å². The number of benzene rings is 2. The molecule has 0 saturated heterocycles. The van der Waals surface area contributed by atoms with Gasteiger partial charge in [-0.3, -0.25) is 0 Å². The monoisotopic (exact) mass is 372 g/mol. The molecule has 4 rings (SSSR count). The van der Waals surface area contributed by atoms with Gasteiger partial charge in [0, 0.05) is 12.4 Å². The zero-order chi connectivity index (χ0) is 17.4. The van der Waals surface area contributed by atoms with Crippen molar-refractivity contribution >= 4 is 32.5 Å². The van der Waals surface area contributed by atoms with Crippen molar-refractivity contribution in [3.05, 3.63) is 71.5 Å². The number of rotatable bonds is 4. The maximum atomic E-state index is 12.8. The van der Waals surface area contributed by atoms with Crippen LogP contribution in [0, 0.1) is 0 Å². The molecule has 0 spiro atoms. The van der Waals surface area contributed by atoms with Gasteiger partial charge < -0.3 is 4.98 Å². The van der Waals surface area contributed by atoms with E-state index in [1.807, 2.05) is 6.07 Å². The van der Waals surface area contributed by atoms with Gasteiger partial charge in [0.15, 0.2) is 9.84 Å². The number of H-pyrrole nitrogens is 1. The number of hydrogen-bond donors (Lipinski definition) is 1. The van der Waals surface area contributed by atoms with Crippen molar-refractivity contribution in [1.82, 2.24) is 19.7 Å². The predicted molar refractivity (Wildman–Crippen MR) is 95.6 cm³/mol. The van der Waals surface area contributed by atoms with Crippen LogP contribution in [0.3, 0.4) is 0 Å². The highest BCUT2D eigenvalue weighted by Crippen LogP contribution is 2.29. The van der Waals surface area contributed by atoms with Gasteiger partial charge in [-0.15, -0.1) is 0 Å². The molecule has 1 N–H and O–H groups in total. The summed E-state index contributed by atoms with van der Waals surface area (Å²) in [6, 6.07) is 13.9. The van der Waals surface area contributed by atoms with Crippen LogP contribution < -0.4 is 0 Å². The lowest BCUT2D eigenvalue weighted by atomic mass is 10.2. The Kier molecular flexibility index (Phi) is 3.82. The summed E-state index contributed by atoms with van der Waals surface area (Å²) >= 11 is 6.23. The van der Waals surface area contributed by atoms with Gasteiger partial charge in [-0.25, -0.2) is 18.1 Å². The number of fused-ring (bicyclic) bond motifs is 1. The quantitative estimate of drug-likeness (QED) is 0.595. The van der Waals surface area contributed by atoms with Crippen molar-refractivity contribution in [1.29, 1.82) is 0 Å². The topological polar surface area (TPSA) is 80.6 Å². The largest absolute Gasteiger partial charge is 0.322 e. The second-order valence-corrected chi connectivity index (χ2v) is 7.92. The predicted octanol–water partition coefficient (Wildman–Crippen LogP) is 3.38. The minimum Gasteiger partial charge on any atom is -0.322 e. The van der Waals surface area contributed by atoms with Gasteiger partial charge >= 0.3 is 0 Å². The first-order valence-electron chi connectivity index (χ1n) is 7.49. The van der Waals surface area contributed by atoms with Gasteiger partial charge in [0.2, 0.25) is 5.95 Å². The molecular formula is C17H13ClN4O2S. The molecule has 0 aliphatic carbocycles. The zero-order valence-electron chi connectivity index (χ0n) is 12.9. The van der Waals surface area contributed by atoms with Gasteiger partial charge in [0.25, 0.3) is 0 Å². The van der Waals surface area contributed by atoms with Gasteiger partial charge in [-0.1, -0.05) is 41.9 Å². The molecule has 2 aromatic heterocycles. The van der Waals surface area contributed by atoms with E-state index in [2.05, 4.69) is 15.1 Å². The summed E-state index contributed by atoms with van der Waals surface area (Å²) in [5, 5.41) is 4.26. The van der Waals surface area contributed by atoms with E-state index in [-0.39, 0.29) is 15.7 Å². The average molecular weight is 373 g/mol. The summed E-state index contributed by atoms with van der Waals surface area (Å²) in [6.45, 7) is 0. The van der Waals surface area contributed by atoms with Crippen molar-refractivity contribution in [2.45, 2.75) is 10.6 Å². The van der Waals surface area contributed by atoms with Crippen molar-refractivity contribution in [3.8, 4) is 5.95 Å². The van der Waals surface area contributed by atoms with E-state index >= 15 is 0 Å². The van der Waals surface area contributed by atoms with Crippen LogP contribution in [0.1, 0.15) is 5.56 Å². The maximum absolute atomic E-state index is 12.8. The van der Waals surface area contributed by atoms with Crippen LogP contribution in [0.4, 0.5) is 0 Å². The van der Waals surface area contributed by atoms with Gasteiger partial charge in [-0.2, -0.15) is 5.10 Å². The second-order valence-electron chi connectivity index (χ2n) is 5.56. The van der Waals surface area contributed by atoms with Crippen molar-refractivity contribution in [2.75, 3.05) is 0 Å². The highest BCUT2D eigenvalue weighted by Gasteiger charge is 2.21. The molecule has 0 atom stereocenters. The molecule has 0 aliphatic rings. The molecular weight excluding hydrogens is 360 g/mol. The molecule has 0 fully saturated rings. The minimum atomic E-state index is -3.58. The second kappa shape index (κ2) is 6.02. The Balaban J connectivity index is 1.78. The van der Waals surface area contributed by atoms with Gasteiger partial charge in [-0.05, 0) is 23.8 Å². The van der Waals surface area contributed by atoms with E-state index in [1.54, 1.807) is 53.5 Å². The molecule has 2 heterocycles. The summed E-state index contributed by atoms with van der Waals surface area (Å²) in [5.41, 5.74) is 1.87. The standard InChI is InChI=1S/C17H13ClN4O2S/c18-13-9-14-15(21-17(20-14)22-8-4-7-19-22)10-16(13)25(23,24)11-12-5-2-1-3-6-12/h1-10H,11H2,(H,20,21). The Morgan fingerprint density at radius 3 is 2.64 bits per heavy atom. The Hall–Kier alpha value is -2.64. The number of hydrogen-bond acceptors (Lipinski definition) is 4. The third kappa shape index (κ3) is 3.04. The molecule has 2 aromatic carbocycles. The van der Waals surface area contributed by atoms with E-state index in [9.17, 15) is 8.42 Å². The molecule has 0 radical (unpaired) electrons. The van der Waals surface area contributed by atoms with Crippen LogP contribution in [0.2, 0.25) is 5.02 Å². The lowest BCUT2D eigenvalue weighted by Gasteiger charge is -2.07. The number of nitrogens with one attached hydrogen (secondary N) is 1. The fraction of sp³-hybridized carbons (Fsp3) is 0.0588. The number of sulfone groups is 1. The zero-order valence-corrected chi connectivity index (χ0v) is 14.5. The normalized spacial score (nSPS) is 11.9. The molecule has 0 aliphatic heterocycles. The summed E-state index contributed by atoms with van der Waals surface area (Å²) in [7, 11) is -3.58. The first kappa shape index (κ1) is 15.9. The minimum absolute atomic E-state index is 0.0844. The molecule has 6 nitrogen and oxygen atoms in total. The molecule has 0 unspecified atom stereocenters. The summed E-state index contributed by atoms with van der Waals surface area (Å²) in [5.74, 6) is 0.382. The van der Waals surface area contributed by atoms with Crippen LogP contribution in [-0.4, -0.2) is 28.2 Å². The fourth-order valence-electron chi connectivity index (χ4n) is 2.61. The SMILES string of the molecule is O=S(=O)(Cc1ccccc1)c1cc2[nH]c(-n3cccn3)nc2cc1Cl. The van der Waals surface area contributed by atoms with E-state index in [4.69, 9.17) is 11.6 Å². The fourth-order valence-corrected chi connectivity index (χ4v) is 4.56. The molecule has 25 heavy (non-hydrogen) atoms. The van der Waals surface area contributed by atoms with Crippen molar-refractivity contribution < 1.29 is 8.42 Å². The maximum Gasteiger partial charge on any atom is 0.229 e. The van der Waals surface area contributed by atoms with Crippen LogP contribution in [0.25, 0.3) is 17.0 Å². The molecule has 0 amide bonds. The average Bonchev–Trinajstić information content (AvgIpc) is 3.23.